The van der Waals surface area contributed by atoms with E-state index in [9.17, 15) is 19.5 Å². The molecule has 16 nitrogen and oxygen atoms in total. The topological polar surface area (TPSA) is 187 Å². The van der Waals surface area contributed by atoms with E-state index < -0.39 is 51.6 Å². The van der Waals surface area contributed by atoms with Crippen molar-refractivity contribution >= 4 is 78.6 Å². The summed E-state index contributed by atoms with van der Waals surface area (Å²) in [4.78, 5) is 47.8. The van der Waals surface area contributed by atoms with Crippen molar-refractivity contribution in [1.82, 2.24) is 29.7 Å². The molecule has 2 aromatic heterocycles. The SMILES string of the molecule is C1CCOC1.CCOC(=O)c1nc(-c2ccc(CC(CCO[Si](c3ccccc3)(c3ccccc3)C(C)(C)C)NC(=O)OC(C)(C)C)cc2)cn1CC.CCn1cc(-c2ccc(CC(CCO[Si](c3ccccc3)(c3ccccc3)C(C)(C)C)NC(=O)OC(C)(C)C)cc2)nc1C(C)(C)O.[Br-].[CH3-].[Mg+2]. The molecular formula is C83H115BrMgN6O10Si2. The summed E-state index contributed by atoms with van der Waals surface area (Å²) in [6.45, 7) is 38.6. The number of halogens is 1. The van der Waals surface area contributed by atoms with Gasteiger partial charge in [-0.05, 0) is 157 Å². The molecule has 0 spiro atoms. The summed E-state index contributed by atoms with van der Waals surface area (Å²) >= 11 is 0. The van der Waals surface area contributed by atoms with Crippen LogP contribution in [0.25, 0.3) is 22.5 Å². The van der Waals surface area contributed by atoms with Crippen LogP contribution in [0.5, 0.6) is 0 Å². The van der Waals surface area contributed by atoms with Crippen molar-refractivity contribution in [2.24, 2.45) is 0 Å². The fourth-order valence-electron chi connectivity index (χ4n) is 12.8. The first kappa shape index (κ1) is 88.7. The van der Waals surface area contributed by atoms with Crippen molar-refractivity contribution in [3.8, 4) is 22.5 Å². The molecule has 1 fully saturated rings. The number of ether oxygens (including phenoxy) is 4. The van der Waals surface area contributed by atoms with E-state index in [4.69, 9.17) is 32.8 Å². The Hall–Kier alpha value is -6.73. The standard InChI is InChI=1S/C39H51N3O5Si.C39H53N3O4Si.C4H8O.CH3.BrH.Mg/c1-9-42-28-34(41-35(42)36(43)45-10-2)30-23-21-29(22-24-30)27-31(40-37(44)47-38(3,4)5)25-26-46-48(39(6,7)8,32-17-13-11-14-18-32)33-19-15-12-16-20-33;1-10-42-28-34(41-35(42)39(8,9)44)30-23-21-29(22-24-30)27-31(40-36(43)46-37(2,3)4)25-26-45-47(38(5,6)7,32-17-13-11-14-18-32)33-19-15-12-16-20-33;1-2-4-5-3-1;;;/h11-24,28,31H,9-10,25-27H2,1-8H3,(H,40,44);11-24,28,31,44H,10,25-27H2,1-9H3,(H,40,43);1-4H2;1H3;1H;/q;;;-1;;+2/p-1. The average molecular weight is 1520 g/mol. The van der Waals surface area contributed by atoms with Gasteiger partial charge >= 0.3 is 41.2 Å². The van der Waals surface area contributed by atoms with Crippen LogP contribution in [0.1, 0.15) is 171 Å². The summed E-state index contributed by atoms with van der Waals surface area (Å²) in [5, 5.41) is 21.5. The molecule has 1 aliphatic rings. The Bertz CT molecular complexity index is 3720. The predicted octanol–water partition coefficient (Wildman–Crippen LogP) is 12.2. The number of rotatable bonds is 25. The molecule has 1 aliphatic heterocycles. The summed E-state index contributed by atoms with van der Waals surface area (Å²) < 4.78 is 39.5. The van der Waals surface area contributed by atoms with Crippen LogP contribution in [0.15, 0.2) is 182 Å². The molecule has 2 amide bonds. The van der Waals surface area contributed by atoms with Gasteiger partial charge in [0.1, 0.15) is 22.6 Å². The maximum atomic E-state index is 13.0. The number of hydrogen-bond acceptors (Lipinski definition) is 12. The average Bonchev–Trinajstić information content (AvgIpc) is 1.57. The molecule has 8 aromatic rings. The fraction of sp³-hybridized carbons (Fsp3) is 0.446. The van der Waals surface area contributed by atoms with Gasteiger partial charge in [-0.15, -0.1) is 0 Å². The van der Waals surface area contributed by atoms with Crippen LogP contribution in [0, 0.1) is 7.43 Å². The maximum Gasteiger partial charge on any atom is 2.00 e. The number of carbonyl (C=O) groups is 3. The van der Waals surface area contributed by atoms with Gasteiger partial charge in [-0.3, -0.25) is 0 Å². The second kappa shape index (κ2) is 40.1. The molecule has 6 aromatic carbocycles. The molecule has 2 unspecified atom stereocenters. The smallest absolute Gasteiger partial charge is 1.00 e. The number of aryl methyl sites for hydroxylation is 2. The number of imidazole rings is 2. The molecular weight excluding hydrogens is 1400 g/mol. The zero-order chi connectivity index (χ0) is 72.9. The molecule has 0 aliphatic carbocycles. The number of hydrogen-bond donors (Lipinski definition) is 3. The Labute approximate surface area is 644 Å². The minimum absolute atomic E-state index is 0. The van der Waals surface area contributed by atoms with Crippen LogP contribution in [0.3, 0.4) is 0 Å². The molecule has 0 saturated carbocycles. The van der Waals surface area contributed by atoms with Crippen molar-refractivity contribution in [3.05, 3.63) is 212 Å². The Morgan fingerprint density at radius 1 is 0.515 bits per heavy atom. The summed E-state index contributed by atoms with van der Waals surface area (Å²) in [6.07, 6.45) is 7.92. The molecule has 9 rings (SSSR count). The number of alkyl carbamates (subject to hydrolysis) is 2. The second-order valence-electron chi connectivity index (χ2n) is 30.2. The first-order valence-electron chi connectivity index (χ1n) is 35.6. The molecule has 1 saturated heterocycles. The minimum atomic E-state index is -2.74. The summed E-state index contributed by atoms with van der Waals surface area (Å²) in [5.41, 5.74) is 3.25. The Balaban J connectivity index is 0.000000397. The van der Waals surface area contributed by atoms with Crippen LogP contribution in [0.4, 0.5) is 9.59 Å². The van der Waals surface area contributed by atoms with E-state index in [-0.39, 0.29) is 69.6 Å². The number of nitrogens with zero attached hydrogens (tertiary/aromatic N) is 4. The molecule has 0 radical (unpaired) electrons. The second-order valence-corrected chi connectivity index (χ2v) is 38.8. The third-order valence-electron chi connectivity index (χ3n) is 17.4. The third-order valence-corrected chi connectivity index (χ3v) is 27.5. The van der Waals surface area contributed by atoms with Crippen molar-refractivity contribution in [2.75, 3.05) is 33.0 Å². The Kier molecular flexibility index (Phi) is 34.5. The first-order valence-corrected chi connectivity index (χ1v) is 39.4. The van der Waals surface area contributed by atoms with Crippen molar-refractivity contribution < 1.29 is 64.3 Å². The van der Waals surface area contributed by atoms with Gasteiger partial charge in [0.25, 0.3) is 16.6 Å². The number of amides is 2. The van der Waals surface area contributed by atoms with E-state index in [1.807, 2.05) is 121 Å². The summed E-state index contributed by atoms with van der Waals surface area (Å²) in [5.74, 6) is 0.501. The number of aromatic nitrogens is 4. The largest absolute Gasteiger partial charge is 2.00 e. The van der Waals surface area contributed by atoms with Crippen LogP contribution in [-0.2, 0) is 59.3 Å². The molecule has 103 heavy (non-hydrogen) atoms. The van der Waals surface area contributed by atoms with Gasteiger partial charge in [-0.25, -0.2) is 24.4 Å². The van der Waals surface area contributed by atoms with E-state index >= 15 is 0 Å². The quantitative estimate of drug-likeness (QED) is 0.0213. The van der Waals surface area contributed by atoms with E-state index in [0.717, 1.165) is 47.7 Å². The third kappa shape index (κ3) is 25.2. The number of nitrogens with one attached hydrogen (secondary N) is 2. The van der Waals surface area contributed by atoms with E-state index in [0.29, 0.717) is 69.4 Å². The van der Waals surface area contributed by atoms with Gasteiger partial charge in [0, 0.05) is 75.1 Å². The zero-order valence-electron chi connectivity index (χ0n) is 64.7. The number of aliphatic hydroxyl groups is 1. The molecule has 2 atom stereocenters. The predicted molar refractivity (Wildman–Crippen MR) is 420 cm³/mol. The van der Waals surface area contributed by atoms with Gasteiger partial charge in [0.05, 0.1) is 18.0 Å². The number of carbonyl (C=O) groups excluding carboxylic acids is 3. The van der Waals surface area contributed by atoms with Gasteiger partial charge in [0.2, 0.25) is 5.82 Å². The first-order chi connectivity index (χ1) is 47.3. The molecule has 0 bridgehead atoms. The van der Waals surface area contributed by atoms with Crippen molar-refractivity contribution in [3.63, 3.8) is 0 Å². The normalized spacial score (nSPS) is 13.2. The summed E-state index contributed by atoms with van der Waals surface area (Å²) in [7, 11) is -5.46. The number of esters is 1. The Morgan fingerprint density at radius 3 is 1.14 bits per heavy atom. The molecule has 3 heterocycles. The van der Waals surface area contributed by atoms with Crippen LogP contribution in [0.2, 0.25) is 10.1 Å². The van der Waals surface area contributed by atoms with Crippen LogP contribution in [-0.4, -0.2) is 138 Å². The monoisotopic (exact) mass is 1510 g/mol. The van der Waals surface area contributed by atoms with Crippen LogP contribution >= 0.6 is 0 Å². The summed E-state index contributed by atoms with van der Waals surface area (Å²) in [6, 6.07) is 58.2. The molecule has 554 valence electrons. The van der Waals surface area contributed by atoms with Crippen molar-refractivity contribution in [1.29, 1.82) is 0 Å². The zero-order valence-corrected chi connectivity index (χ0v) is 69.7. The van der Waals surface area contributed by atoms with Crippen LogP contribution < -0.4 is 48.4 Å². The van der Waals surface area contributed by atoms with Gasteiger partial charge < -0.3 is 77.1 Å². The number of benzene rings is 6. The van der Waals surface area contributed by atoms with E-state index in [2.05, 4.69) is 178 Å². The van der Waals surface area contributed by atoms with Crippen molar-refractivity contribution in [2.45, 2.75) is 208 Å². The molecule has 20 heteroatoms. The minimum Gasteiger partial charge on any atom is -1.00 e. The molecule has 3 N–H and O–H groups in total. The fourth-order valence-corrected chi connectivity index (χ4v) is 21.9. The van der Waals surface area contributed by atoms with Gasteiger partial charge in [-0.1, -0.05) is 211 Å². The maximum absolute atomic E-state index is 13.0. The van der Waals surface area contributed by atoms with E-state index in [1.54, 1.807) is 25.3 Å². The van der Waals surface area contributed by atoms with E-state index in [1.165, 1.54) is 33.6 Å². The Morgan fingerprint density at radius 2 is 0.854 bits per heavy atom. The van der Waals surface area contributed by atoms with Gasteiger partial charge in [0.15, 0.2) is 0 Å². The van der Waals surface area contributed by atoms with Gasteiger partial charge in [-0.2, -0.15) is 0 Å².